The maximum absolute atomic E-state index is 11.3. The molecule has 0 bridgehead atoms. The average Bonchev–Trinajstić information content (AvgIpc) is 2.40. The minimum absolute atomic E-state index is 0.0510. The van der Waals surface area contributed by atoms with Gasteiger partial charge in [-0.1, -0.05) is 30.3 Å². The summed E-state index contributed by atoms with van der Waals surface area (Å²) in [5.74, 6) is 0.0510. The maximum Gasteiger partial charge on any atom is 0.407 e. The van der Waals surface area contributed by atoms with Gasteiger partial charge in [-0.25, -0.2) is 4.79 Å². The fourth-order valence-corrected chi connectivity index (χ4v) is 2.72. The van der Waals surface area contributed by atoms with Crippen LogP contribution in [0, 0.1) is 5.92 Å². The zero-order chi connectivity index (χ0) is 13.0. The van der Waals surface area contributed by atoms with Crippen LogP contribution in [-0.4, -0.2) is 40.4 Å². The van der Waals surface area contributed by atoms with E-state index in [0.29, 0.717) is 13.0 Å². The third kappa shape index (κ3) is 2.82. The molecule has 0 spiro atoms. The van der Waals surface area contributed by atoms with Crippen molar-refractivity contribution in [3.05, 3.63) is 35.9 Å². The van der Waals surface area contributed by atoms with Crippen LogP contribution in [0.4, 0.5) is 4.79 Å². The molecule has 1 amide bonds. The number of likely N-dealkylation sites (tertiary alicyclic amines) is 1. The number of benzene rings is 1. The lowest BCUT2D eigenvalue weighted by atomic mass is 9.86. The molecular formula is C14H19NO3. The molecule has 1 aliphatic heterocycles. The minimum Gasteiger partial charge on any atom is -0.465 e. The van der Waals surface area contributed by atoms with E-state index < -0.39 is 6.09 Å². The number of rotatable bonds is 3. The van der Waals surface area contributed by atoms with Crippen LogP contribution < -0.4 is 0 Å². The first-order valence-corrected chi connectivity index (χ1v) is 6.36. The van der Waals surface area contributed by atoms with E-state index in [-0.39, 0.29) is 18.6 Å². The first-order chi connectivity index (χ1) is 8.72. The Labute approximate surface area is 107 Å². The molecule has 1 heterocycles. The van der Waals surface area contributed by atoms with E-state index in [9.17, 15) is 15.0 Å². The zero-order valence-corrected chi connectivity index (χ0v) is 10.3. The number of carboxylic acid groups (broad SMARTS) is 1. The second kappa shape index (κ2) is 5.87. The van der Waals surface area contributed by atoms with Crippen molar-refractivity contribution in [2.75, 3.05) is 13.2 Å². The minimum atomic E-state index is -0.880. The SMILES string of the molecule is O=C(O)N1CCCC(CO)C1Cc1ccccc1. The molecule has 2 unspecified atom stereocenters. The number of hydrogen-bond donors (Lipinski definition) is 2. The summed E-state index contributed by atoms with van der Waals surface area (Å²) in [5, 5.41) is 18.7. The molecule has 1 saturated heterocycles. The van der Waals surface area contributed by atoms with Crippen molar-refractivity contribution in [1.29, 1.82) is 0 Å². The van der Waals surface area contributed by atoms with Gasteiger partial charge in [0, 0.05) is 25.1 Å². The van der Waals surface area contributed by atoms with Gasteiger partial charge in [0.2, 0.25) is 0 Å². The Morgan fingerprint density at radius 2 is 2.06 bits per heavy atom. The highest BCUT2D eigenvalue weighted by Gasteiger charge is 2.33. The van der Waals surface area contributed by atoms with Crippen LogP contribution in [-0.2, 0) is 6.42 Å². The van der Waals surface area contributed by atoms with Gasteiger partial charge in [0.25, 0.3) is 0 Å². The number of aliphatic hydroxyl groups is 1. The molecule has 4 nitrogen and oxygen atoms in total. The van der Waals surface area contributed by atoms with Gasteiger partial charge in [-0.05, 0) is 24.8 Å². The van der Waals surface area contributed by atoms with Crippen LogP contribution in [0.5, 0.6) is 0 Å². The summed E-state index contributed by atoms with van der Waals surface area (Å²) in [7, 11) is 0. The summed E-state index contributed by atoms with van der Waals surface area (Å²) in [5.41, 5.74) is 1.12. The van der Waals surface area contributed by atoms with Crippen molar-refractivity contribution in [1.82, 2.24) is 4.90 Å². The van der Waals surface area contributed by atoms with Crippen molar-refractivity contribution < 1.29 is 15.0 Å². The molecule has 2 N–H and O–H groups in total. The normalized spacial score (nSPS) is 23.9. The molecule has 1 aliphatic rings. The second-order valence-corrected chi connectivity index (χ2v) is 4.82. The molecule has 0 aliphatic carbocycles. The van der Waals surface area contributed by atoms with E-state index in [0.717, 1.165) is 18.4 Å². The Kier molecular flexibility index (Phi) is 4.20. The fraction of sp³-hybridized carbons (Fsp3) is 0.500. The highest BCUT2D eigenvalue weighted by Crippen LogP contribution is 2.26. The molecule has 98 valence electrons. The van der Waals surface area contributed by atoms with E-state index in [1.54, 1.807) is 0 Å². The molecule has 0 aromatic heterocycles. The molecule has 1 fully saturated rings. The van der Waals surface area contributed by atoms with Crippen molar-refractivity contribution in [3.8, 4) is 0 Å². The van der Waals surface area contributed by atoms with Gasteiger partial charge >= 0.3 is 6.09 Å². The van der Waals surface area contributed by atoms with Gasteiger partial charge in [-0.15, -0.1) is 0 Å². The van der Waals surface area contributed by atoms with Gasteiger partial charge in [0.15, 0.2) is 0 Å². The van der Waals surface area contributed by atoms with Crippen LogP contribution in [0.3, 0.4) is 0 Å². The summed E-state index contributed by atoms with van der Waals surface area (Å²) in [6.45, 7) is 0.630. The van der Waals surface area contributed by atoms with Gasteiger partial charge in [-0.2, -0.15) is 0 Å². The Morgan fingerprint density at radius 1 is 1.33 bits per heavy atom. The van der Waals surface area contributed by atoms with Crippen molar-refractivity contribution in [2.24, 2.45) is 5.92 Å². The number of nitrogens with zero attached hydrogens (tertiary/aromatic N) is 1. The Morgan fingerprint density at radius 3 is 2.67 bits per heavy atom. The molecule has 2 atom stereocenters. The number of piperidine rings is 1. The first kappa shape index (κ1) is 12.9. The smallest absolute Gasteiger partial charge is 0.407 e. The lowest BCUT2D eigenvalue weighted by molar-refractivity contribution is 0.0542. The largest absolute Gasteiger partial charge is 0.465 e. The third-order valence-corrected chi connectivity index (χ3v) is 3.69. The first-order valence-electron chi connectivity index (χ1n) is 6.36. The van der Waals surface area contributed by atoms with Gasteiger partial charge in [0.05, 0.1) is 0 Å². The summed E-state index contributed by atoms with van der Waals surface area (Å²) in [4.78, 5) is 12.7. The number of hydrogen-bond acceptors (Lipinski definition) is 2. The van der Waals surface area contributed by atoms with E-state index in [1.807, 2.05) is 30.3 Å². The fourth-order valence-electron chi connectivity index (χ4n) is 2.72. The zero-order valence-electron chi connectivity index (χ0n) is 10.3. The number of aliphatic hydroxyl groups excluding tert-OH is 1. The third-order valence-electron chi connectivity index (χ3n) is 3.69. The standard InChI is InChI=1S/C14H19NO3/c16-10-12-7-4-8-15(14(17)18)13(12)9-11-5-2-1-3-6-11/h1-3,5-6,12-13,16H,4,7-10H2,(H,17,18). The van der Waals surface area contributed by atoms with Crippen LogP contribution in [0.25, 0.3) is 0 Å². The molecule has 0 radical (unpaired) electrons. The summed E-state index contributed by atoms with van der Waals surface area (Å²) in [6, 6.07) is 9.76. The van der Waals surface area contributed by atoms with Gasteiger partial charge < -0.3 is 15.1 Å². The van der Waals surface area contributed by atoms with Gasteiger partial charge in [0.1, 0.15) is 0 Å². The van der Waals surface area contributed by atoms with Crippen LogP contribution in [0.2, 0.25) is 0 Å². The lowest BCUT2D eigenvalue weighted by Crippen LogP contribution is -2.50. The molecule has 4 heteroatoms. The highest BCUT2D eigenvalue weighted by atomic mass is 16.4. The Balaban J connectivity index is 2.15. The van der Waals surface area contributed by atoms with E-state index in [4.69, 9.17) is 0 Å². The molecule has 2 rings (SSSR count). The molecule has 1 aromatic rings. The number of amides is 1. The molecular weight excluding hydrogens is 230 g/mol. The Hall–Kier alpha value is -1.55. The molecule has 0 saturated carbocycles. The summed E-state index contributed by atoms with van der Waals surface area (Å²) in [6.07, 6.45) is 1.54. The van der Waals surface area contributed by atoms with Crippen LogP contribution in [0.1, 0.15) is 18.4 Å². The monoisotopic (exact) mass is 249 g/mol. The Bertz CT molecular complexity index is 393. The van der Waals surface area contributed by atoms with Crippen LogP contribution in [0.15, 0.2) is 30.3 Å². The number of carbonyl (C=O) groups is 1. The van der Waals surface area contributed by atoms with Crippen LogP contribution >= 0.6 is 0 Å². The highest BCUT2D eigenvalue weighted by molar-refractivity contribution is 5.65. The maximum atomic E-state index is 11.3. The van der Waals surface area contributed by atoms with E-state index in [1.165, 1.54) is 4.90 Å². The summed E-state index contributed by atoms with van der Waals surface area (Å²) >= 11 is 0. The molecule has 18 heavy (non-hydrogen) atoms. The van der Waals surface area contributed by atoms with Crippen molar-refractivity contribution in [2.45, 2.75) is 25.3 Å². The summed E-state index contributed by atoms with van der Waals surface area (Å²) < 4.78 is 0. The molecule has 1 aromatic carbocycles. The average molecular weight is 249 g/mol. The quantitative estimate of drug-likeness (QED) is 0.861. The predicted octanol–water partition coefficient (Wildman–Crippen LogP) is 1.98. The van der Waals surface area contributed by atoms with E-state index in [2.05, 4.69) is 0 Å². The van der Waals surface area contributed by atoms with Gasteiger partial charge in [-0.3, -0.25) is 0 Å². The van der Waals surface area contributed by atoms with Crippen molar-refractivity contribution >= 4 is 6.09 Å². The predicted molar refractivity (Wildman–Crippen MR) is 68.5 cm³/mol. The van der Waals surface area contributed by atoms with E-state index >= 15 is 0 Å². The van der Waals surface area contributed by atoms with Crippen molar-refractivity contribution in [3.63, 3.8) is 0 Å². The second-order valence-electron chi connectivity index (χ2n) is 4.82. The lowest BCUT2D eigenvalue weighted by Gasteiger charge is -2.39. The topological polar surface area (TPSA) is 60.8 Å².